The molecule has 1 atom stereocenters. The Kier molecular flexibility index (Phi) is 2.24. The molecular formula is C15H18N2O. The number of anilines is 1. The highest BCUT2D eigenvalue weighted by atomic mass is 16.2. The van der Waals surface area contributed by atoms with E-state index >= 15 is 0 Å². The van der Waals surface area contributed by atoms with Crippen molar-refractivity contribution in [3.8, 4) is 0 Å². The molecule has 1 aliphatic heterocycles. The summed E-state index contributed by atoms with van der Waals surface area (Å²) in [5.41, 5.74) is 2.10. The van der Waals surface area contributed by atoms with Crippen LogP contribution in [0.4, 0.5) is 5.69 Å². The van der Waals surface area contributed by atoms with Gasteiger partial charge in [0.05, 0.1) is 0 Å². The Labute approximate surface area is 107 Å². The molecule has 2 N–H and O–H groups in total. The highest BCUT2D eigenvalue weighted by Crippen LogP contribution is 2.46. The van der Waals surface area contributed by atoms with Crippen LogP contribution in [0.25, 0.3) is 0 Å². The molecule has 0 aromatic heterocycles. The predicted molar refractivity (Wildman–Crippen MR) is 70.2 cm³/mol. The van der Waals surface area contributed by atoms with Crippen molar-refractivity contribution in [1.82, 2.24) is 5.32 Å². The minimum absolute atomic E-state index is 0.113. The summed E-state index contributed by atoms with van der Waals surface area (Å²) in [6.07, 6.45) is 5.35. The van der Waals surface area contributed by atoms with E-state index in [1.54, 1.807) is 0 Å². The second-order valence-electron chi connectivity index (χ2n) is 5.88. The molecule has 3 heteroatoms. The lowest BCUT2D eigenvalue weighted by molar-refractivity contribution is -0.117. The second-order valence-corrected chi connectivity index (χ2v) is 5.88. The third-order valence-corrected chi connectivity index (χ3v) is 4.41. The molecule has 2 saturated carbocycles. The summed E-state index contributed by atoms with van der Waals surface area (Å²) >= 11 is 0. The molecule has 0 bridgehead atoms. The molecule has 0 spiro atoms. The van der Waals surface area contributed by atoms with Crippen LogP contribution < -0.4 is 10.6 Å². The molecule has 1 heterocycles. The molecule has 18 heavy (non-hydrogen) atoms. The maximum absolute atomic E-state index is 12.1. The number of hydrogen-bond acceptors (Lipinski definition) is 2. The van der Waals surface area contributed by atoms with Gasteiger partial charge in [-0.25, -0.2) is 0 Å². The summed E-state index contributed by atoms with van der Waals surface area (Å²) in [5.74, 6) is 1.75. The summed E-state index contributed by atoms with van der Waals surface area (Å²) in [6, 6.07) is 8.46. The van der Waals surface area contributed by atoms with Crippen molar-refractivity contribution in [2.24, 2.45) is 11.8 Å². The van der Waals surface area contributed by atoms with Gasteiger partial charge in [0.2, 0.25) is 5.91 Å². The Bertz CT molecular complexity index is 479. The second kappa shape index (κ2) is 3.82. The molecule has 2 fully saturated rings. The van der Waals surface area contributed by atoms with Crippen LogP contribution in [0, 0.1) is 11.8 Å². The number of benzene rings is 1. The monoisotopic (exact) mass is 242 g/mol. The fourth-order valence-corrected chi connectivity index (χ4v) is 3.13. The van der Waals surface area contributed by atoms with Crippen molar-refractivity contribution in [2.75, 3.05) is 5.32 Å². The zero-order valence-corrected chi connectivity index (χ0v) is 10.4. The largest absolute Gasteiger partial charge is 0.324 e. The van der Waals surface area contributed by atoms with Gasteiger partial charge in [-0.3, -0.25) is 10.1 Å². The molecule has 3 aliphatic rings. The van der Waals surface area contributed by atoms with E-state index in [-0.39, 0.29) is 11.9 Å². The van der Waals surface area contributed by atoms with Gasteiger partial charge in [-0.1, -0.05) is 18.2 Å². The lowest BCUT2D eigenvalue weighted by Crippen LogP contribution is -2.39. The number of amides is 1. The van der Waals surface area contributed by atoms with Gasteiger partial charge in [-0.2, -0.15) is 0 Å². The number of carbonyl (C=O) groups is 1. The number of carbonyl (C=O) groups excluding carboxylic acids is 1. The van der Waals surface area contributed by atoms with Gasteiger partial charge in [-0.05, 0) is 43.6 Å². The minimum Gasteiger partial charge on any atom is -0.324 e. The fourth-order valence-electron chi connectivity index (χ4n) is 3.13. The van der Waals surface area contributed by atoms with E-state index in [2.05, 4.69) is 16.7 Å². The lowest BCUT2D eigenvalue weighted by Gasteiger charge is -2.21. The molecule has 94 valence electrons. The van der Waals surface area contributed by atoms with Gasteiger partial charge < -0.3 is 5.32 Å². The first-order valence-electron chi connectivity index (χ1n) is 6.99. The smallest absolute Gasteiger partial charge is 0.246 e. The molecule has 1 unspecified atom stereocenters. The fraction of sp³-hybridized carbons (Fsp3) is 0.533. The first-order valence-corrected chi connectivity index (χ1v) is 6.99. The summed E-state index contributed by atoms with van der Waals surface area (Å²) < 4.78 is 0. The zero-order valence-electron chi connectivity index (χ0n) is 10.4. The summed E-state index contributed by atoms with van der Waals surface area (Å²) in [5, 5.41) is 6.60. The van der Waals surface area contributed by atoms with Crippen molar-refractivity contribution >= 4 is 11.6 Å². The Balaban J connectivity index is 1.58. The van der Waals surface area contributed by atoms with Gasteiger partial charge in [-0.15, -0.1) is 0 Å². The van der Waals surface area contributed by atoms with Crippen LogP contribution in [-0.2, 0) is 4.79 Å². The molecule has 3 nitrogen and oxygen atoms in total. The van der Waals surface area contributed by atoms with Crippen molar-refractivity contribution < 1.29 is 4.79 Å². The average molecular weight is 242 g/mol. The van der Waals surface area contributed by atoms with Crippen molar-refractivity contribution in [2.45, 2.75) is 37.8 Å². The van der Waals surface area contributed by atoms with E-state index in [1.807, 2.05) is 18.2 Å². The van der Waals surface area contributed by atoms with Crippen LogP contribution in [0.5, 0.6) is 0 Å². The number of hydrogen-bond donors (Lipinski definition) is 2. The van der Waals surface area contributed by atoms with Gasteiger partial charge in [0.25, 0.3) is 0 Å². The van der Waals surface area contributed by atoms with Gasteiger partial charge in [0, 0.05) is 17.3 Å². The average Bonchev–Trinajstić information content (AvgIpc) is 3.25. The van der Waals surface area contributed by atoms with Gasteiger partial charge in [0.15, 0.2) is 0 Å². The van der Waals surface area contributed by atoms with Crippen molar-refractivity contribution in [3.05, 3.63) is 29.8 Å². The standard InChI is InChI=1S/C15H18N2O/c18-15-14(11-3-1-2-4-12(11)16-15)17-13(9-5-6-9)10-7-8-10/h1-4,9-10,13-14,17H,5-8H2,(H,16,18). The van der Waals surface area contributed by atoms with Crippen LogP contribution in [0.15, 0.2) is 24.3 Å². The summed E-state index contributed by atoms with van der Waals surface area (Å²) in [6.45, 7) is 0. The number of fused-ring (bicyclic) bond motifs is 1. The van der Waals surface area contributed by atoms with Gasteiger partial charge >= 0.3 is 0 Å². The maximum Gasteiger partial charge on any atom is 0.246 e. The summed E-state index contributed by atoms with van der Waals surface area (Å²) in [7, 11) is 0. The van der Waals surface area contributed by atoms with Crippen LogP contribution in [-0.4, -0.2) is 11.9 Å². The third-order valence-electron chi connectivity index (χ3n) is 4.41. The van der Waals surface area contributed by atoms with E-state index in [1.165, 1.54) is 25.7 Å². The van der Waals surface area contributed by atoms with E-state index < -0.39 is 0 Å². The Morgan fingerprint density at radius 3 is 2.44 bits per heavy atom. The Hall–Kier alpha value is -1.35. The van der Waals surface area contributed by atoms with E-state index in [9.17, 15) is 4.79 Å². The van der Waals surface area contributed by atoms with E-state index in [4.69, 9.17) is 0 Å². The van der Waals surface area contributed by atoms with Crippen LogP contribution in [0.2, 0.25) is 0 Å². The number of nitrogens with one attached hydrogen (secondary N) is 2. The molecule has 4 rings (SSSR count). The zero-order chi connectivity index (χ0) is 12.1. The molecule has 0 radical (unpaired) electrons. The molecular weight excluding hydrogens is 224 g/mol. The summed E-state index contributed by atoms with van der Waals surface area (Å²) in [4.78, 5) is 12.1. The SMILES string of the molecule is O=C1Nc2ccccc2C1NC(C1CC1)C1CC1. The van der Waals surface area contributed by atoms with Crippen LogP contribution >= 0.6 is 0 Å². The molecule has 2 aliphatic carbocycles. The molecule has 1 amide bonds. The molecule has 1 aromatic carbocycles. The van der Waals surface area contributed by atoms with E-state index in [0.717, 1.165) is 23.1 Å². The number of rotatable bonds is 4. The quantitative estimate of drug-likeness (QED) is 0.851. The Morgan fingerprint density at radius 1 is 1.11 bits per heavy atom. The highest BCUT2D eigenvalue weighted by Gasteiger charge is 2.44. The van der Waals surface area contributed by atoms with E-state index in [0.29, 0.717) is 6.04 Å². The predicted octanol–water partition coefficient (Wildman–Crippen LogP) is 2.46. The van der Waals surface area contributed by atoms with Crippen LogP contribution in [0.1, 0.15) is 37.3 Å². The highest BCUT2D eigenvalue weighted by molar-refractivity contribution is 6.02. The lowest BCUT2D eigenvalue weighted by atomic mass is 10.0. The molecule has 0 saturated heterocycles. The van der Waals surface area contributed by atoms with Crippen LogP contribution in [0.3, 0.4) is 0 Å². The first-order chi connectivity index (χ1) is 8.83. The third kappa shape index (κ3) is 1.74. The maximum atomic E-state index is 12.1. The first kappa shape index (κ1) is 10.6. The van der Waals surface area contributed by atoms with Crippen molar-refractivity contribution in [1.29, 1.82) is 0 Å². The van der Waals surface area contributed by atoms with Gasteiger partial charge in [0.1, 0.15) is 6.04 Å². The van der Waals surface area contributed by atoms with Crippen molar-refractivity contribution in [3.63, 3.8) is 0 Å². The normalized spacial score (nSPS) is 26.3. The Morgan fingerprint density at radius 2 is 1.78 bits per heavy atom. The topological polar surface area (TPSA) is 41.1 Å². The number of para-hydroxylation sites is 1. The minimum atomic E-state index is -0.132. The molecule has 1 aromatic rings.